The van der Waals surface area contributed by atoms with Crippen LogP contribution in [0.1, 0.15) is 197 Å². The van der Waals surface area contributed by atoms with Crippen molar-refractivity contribution >= 4 is 0 Å². The van der Waals surface area contributed by atoms with Crippen LogP contribution in [0.15, 0.2) is 0 Å². The van der Waals surface area contributed by atoms with Crippen molar-refractivity contribution < 1.29 is 0 Å². The van der Waals surface area contributed by atoms with Crippen molar-refractivity contribution in [1.82, 2.24) is 0 Å². The summed E-state index contributed by atoms with van der Waals surface area (Å²) in [6, 6.07) is 0. The van der Waals surface area contributed by atoms with E-state index in [-0.39, 0.29) is 0 Å². The van der Waals surface area contributed by atoms with E-state index in [4.69, 9.17) is 0 Å². The molecule has 5 aliphatic carbocycles. The van der Waals surface area contributed by atoms with Crippen LogP contribution < -0.4 is 0 Å². The Kier molecular flexibility index (Phi) is 14.6. The molecule has 0 aromatic carbocycles. The van der Waals surface area contributed by atoms with Crippen molar-refractivity contribution in [3.63, 3.8) is 0 Å². The number of rotatable bonds is 3. The number of hydrogen-bond donors (Lipinski definition) is 0. The van der Waals surface area contributed by atoms with Crippen LogP contribution in [-0.2, 0) is 0 Å². The van der Waals surface area contributed by atoms with Gasteiger partial charge in [-0.3, -0.25) is 0 Å². The lowest BCUT2D eigenvalue weighted by molar-refractivity contribution is 0.111. The highest BCUT2D eigenvalue weighted by molar-refractivity contribution is 4.84. The molecule has 0 atom stereocenters. The molecule has 0 spiro atoms. The summed E-state index contributed by atoms with van der Waals surface area (Å²) in [5.41, 5.74) is 1.16. The van der Waals surface area contributed by atoms with Gasteiger partial charge in [0, 0.05) is 0 Å². The molecule has 0 aromatic rings. The summed E-state index contributed by atoms with van der Waals surface area (Å²) in [4.78, 5) is 0. The lowest BCUT2D eigenvalue weighted by Gasteiger charge is -2.40. The first-order valence-electron chi connectivity index (χ1n) is 19.3. The van der Waals surface area contributed by atoms with Crippen LogP contribution in [0.2, 0.25) is 0 Å². The van der Waals surface area contributed by atoms with Gasteiger partial charge in [0.1, 0.15) is 0 Å². The van der Waals surface area contributed by atoms with Gasteiger partial charge in [-0.2, -0.15) is 0 Å². The van der Waals surface area contributed by atoms with Gasteiger partial charge < -0.3 is 0 Å². The quantitative estimate of drug-likeness (QED) is 0.316. The predicted molar refractivity (Wildman–Crippen MR) is 184 cm³/mol. The van der Waals surface area contributed by atoms with Crippen molar-refractivity contribution in [2.24, 2.45) is 64.1 Å². The van der Waals surface area contributed by atoms with Crippen LogP contribution in [0, 0.1) is 64.1 Å². The predicted octanol–water partition coefficient (Wildman–Crippen LogP) is 13.9. The van der Waals surface area contributed by atoms with Crippen molar-refractivity contribution in [2.75, 3.05) is 0 Å². The van der Waals surface area contributed by atoms with Crippen molar-refractivity contribution in [1.29, 1.82) is 0 Å². The molecule has 41 heavy (non-hydrogen) atoms. The van der Waals surface area contributed by atoms with Crippen molar-refractivity contribution in [3.8, 4) is 0 Å². The molecular formula is C41H78. The average molecular weight is 571 g/mol. The largest absolute Gasteiger partial charge is 0.0625 e. The van der Waals surface area contributed by atoms with E-state index in [1.54, 1.807) is 32.1 Å². The summed E-state index contributed by atoms with van der Waals surface area (Å²) in [5.74, 6) is 9.46. The molecule has 0 aromatic heterocycles. The summed E-state index contributed by atoms with van der Waals surface area (Å²) in [5, 5.41) is 0. The summed E-state index contributed by atoms with van der Waals surface area (Å²) < 4.78 is 0. The summed E-state index contributed by atoms with van der Waals surface area (Å²) >= 11 is 0. The molecule has 5 rings (SSSR count). The van der Waals surface area contributed by atoms with E-state index in [1.807, 2.05) is 0 Å². The molecule has 0 nitrogen and oxygen atoms in total. The summed E-state index contributed by atoms with van der Waals surface area (Å²) in [6.07, 6.45) is 31.7. The van der Waals surface area contributed by atoms with Crippen LogP contribution in [-0.4, -0.2) is 0 Å². The first-order chi connectivity index (χ1) is 19.3. The van der Waals surface area contributed by atoms with E-state index in [0.29, 0.717) is 10.8 Å². The molecule has 0 heteroatoms. The standard InChI is InChI=1S/C15H28.C14H26.C12H24/c1-12-3-7-14(8-4-12)11-15-9-5-13(2)6-10-15;1-11-3-7-13(8-4-11)14-9-5-12(2)6-10-14;1-11(2,3)10-6-8-12(4,5)9-7-10/h12-15H,3-11H2,1-2H3;11-14H,3-10H2,1-2H3;10H,6-9H2,1-5H3. The SMILES string of the molecule is CC1(C)CCC(C(C)(C)C)CC1.CC1CCC(C2CCC(C)CC2)CC1.CC1CCC(CC2CCC(C)CC2)CC1. The van der Waals surface area contributed by atoms with Gasteiger partial charge in [-0.15, -0.1) is 0 Å². The molecule has 5 aliphatic rings. The van der Waals surface area contributed by atoms with Gasteiger partial charge in [-0.05, 0) is 122 Å². The Balaban J connectivity index is 0.000000170. The van der Waals surface area contributed by atoms with E-state index in [0.717, 1.165) is 53.3 Å². The lowest BCUT2D eigenvalue weighted by atomic mass is 9.65. The highest BCUT2D eigenvalue weighted by Crippen LogP contribution is 2.45. The van der Waals surface area contributed by atoms with E-state index in [1.165, 1.54) is 103 Å². The Morgan fingerprint density at radius 1 is 0.439 bits per heavy atom. The summed E-state index contributed by atoms with van der Waals surface area (Å²) in [6.45, 7) is 21.7. The Morgan fingerprint density at radius 3 is 1.02 bits per heavy atom. The third-order valence-electron chi connectivity index (χ3n) is 13.3. The van der Waals surface area contributed by atoms with Crippen molar-refractivity contribution in [3.05, 3.63) is 0 Å². The fourth-order valence-electron chi connectivity index (χ4n) is 9.38. The molecule has 242 valence electrons. The van der Waals surface area contributed by atoms with Crippen LogP contribution in [0.3, 0.4) is 0 Å². The average Bonchev–Trinajstić information content (AvgIpc) is 2.92. The molecule has 0 N–H and O–H groups in total. The summed E-state index contributed by atoms with van der Waals surface area (Å²) in [7, 11) is 0. The molecule has 0 saturated heterocycles. The molecule has 0 amide bonds. The van der Waals surface area contributed by atoms with Gasteiger partial charge in [0.05, 0.1) is 0 Å². The maximum absolute atomic E-state index is 2.43. The zero-order valence-corrected chi connectivity index (χ0v) is 30.0. The molecule has 0 aliphatic heterocycles. The zero-order valence-electron chi connectivity index (χ0n) is 30.0. The van der Waals surface area contributed by atoms with Gasteiger partial charge in [0.15, 0.2) is 0 Å². The maximum atomic E-state index is 2.43. The molecule has 5 fully saturated rings. The molecule has 0 heterocycles. The minimum atomic E-state index is 0.538. The van der Waals surface area contributed by atoms with E-state index in [9.17, 15) is 0 Å². The van der Waals surface area contributed by atoms with Gasteiger partial charge in [-0.25, -0.2) is 0 Å². The molecule has 0 unspecified atom stereocenters. The smallest absolute Gasteiger partial charge is 0.0354 e. The Hall–Kier alpha value is 0. The van der Waals surface area contributed by atoms with Crippen LogP contribution in [0.25, 0.3) is 0 Å². The van der Waals surface area contributed by atoms with Crippen LogP contribution in [0.5, 0.6) is 0 Å². The van der Waals surface area contributed by atoms with Gasteiger partial charge in [0.25, 0.3) is 0 Å². The van der Waals surface area contributed by atoms with Gasteiger partial charge >= 0.3 is 0 Å². The zero-order chi connectivity index (χ0) is 30.0. The Bertz CT molecular complexity index is 613. The molecule has 0 bridgehead atoms. The fourth-order valence-corrected chi connectivity index (χ4v) is 9.38. The minimum Gasteiger partial charge on any atom is -0.0625 e. The monoisotopic (exact) mass is 571 g/mol. The van der Waals surface area contributed by atoms with Gasteiger partial charge in [-0.1, -0.05) is 139 Å². The van der Waals surface area contributed by atoms with E-state index >= 15 is 0 Å². The minimum absolute atomic E-state index is 0.538. The molecule has 5 saturated carbocycles. The normalized spacial score (nSPS) is 38.6. The molecular weight excluding hydrogens is 492 g/mol. The van der Waals surface area contributed by atoms with Crippen molar-refractivity contribution in [2.45, 2.75) is 197 Å². The topological polar surface area (TPSA) is 0 Å². The lowest BCUT2D eigenvalue weighted by Crippen LogP contribution is -2.29. The van der Waals surface area contributed by atoms with Crippen LogP contribution in [0.4, 0.5) is 0 Å². The first-order valence-corrected chi connectivity index (χ1v) is 19.3. The third kappa shape index (κ3) is 13.3. The molecule has 0 radical (unpaired) electrons. The highest BCUT2D eigenvalue weighted by Gasteiger charge is 2.33. The Labute approximate surface area is 260 Å². The van der Waals surface area contributed by atoms with E-state index < -0.39 is 0 Å². The second-order valence-corrected chi connectivity index (χ2v) is 18.8. The third-order valence-corrected chi connectivity index (χ3v) is 13.3. The first kappa shape index (κ1) is 35.5. The van der Waals surface area contributed by atoms with Crippen LogP contribution >= 0.6 is 0 Å². The Morgan fingerprint density at radius 2 is 0.732 bits per heavy atom. The second-order valence-electron chi connectivity index (χ2n) is 18.8. The van der Waals surface area contributed by atoms with E-state index in [2.05, 4.69) is 62.3 Å². The highest BCUT2D eigenvalue weighted by atomic mass is 14.4. The maximum Gasteiger partial charge on any atom is -0.0354 e. The second kappa shape index (κ2) is 16.9. The fraction of sp³-hybridized carbons (Fsp3) is 1.00. The number of hydrogen-bond acceptors (Lipinski definition) is 0. The van der Waals surface area contributed by atoms with Gasteiger partial charge in [0.2, 0.25) is 0 Å².